The summed E-state index contributed by atoms with van der Waals surface area (Å²) in [6.07, 6.45) is 3.22. The number of halogens is 1. The van der Waals surface area contributed by atoms with Crippen LogP contribution in [0.4, 0.5) is 4.39 Å². The first-order valence-electron chi connectivity index (χ1n) is 9.21. The number of rotatable bonds is 6. The number of hydrogen-bond acceptors (Lipinski definition) is 1. The minimum Gasteiger partial charge on any atom is -0.335 e. The topological polar surface area (TPSA) is 20.3 Å². The number of aryl methyl sites for hydroxylation is 1. The molecule has 0 radical (unpaired) electrons. The molecule has 0 spiro atoms. The fourth-order valence-electron chi connectivity index (χ4n) is 3.41. The van der Waals surface area contributed by atoms with Gasteiger partial charge in [-0.15, -0.1) is 0 Å². The largest absolute Gasteiger partial charge is 0.335 e. The van der Waals surface area contributed by atoms with Gasteiger partial charge in [0.15, 0.2) is 0 Å². The number of benzene rings is 3. The Morgan fingerprint density at radius 2 is 1.69 bits per heavy atom. The SMILES string of the molecule is O=C(CCc1ccc2ccccc2c1)N(Cc1ccccc1F)C1CC1. The standard InChI is InChI=1S/C23H22FNO/c24-22-8-4-3-7-20(22)16-25(21-12-13-21)23(26)14-10-17-9-11-18-5-1-2-6-19(18)15-17/h1-9,11,15,21H,10,12-14,16H2. The zero-order chi connectivity index (χ0) is 17.9. The Morgan fingerprint density at radius 1 is 0.962 bits per heavy atom. The molecule has 0 heterocycles. The van der Waals surface area contributed by atoms with Gasteiger partial charge in [0.2, 0.25) is 5.91 Å². The molecule has 3 aromatic carbocycles. The summed E-state index contributed by atoms with van der Waals surface area (Å²) in [5.74, 6) is -0.121. The molecule has 1 amide bonds. The van der Waals surface area contributed by atoms with Gasteiger partial charge in [-0.1, -0.05) is 60.7 Å². The van der Waals surface area contributed by atoms with Crippen LogP contribution in [0.15, 0.2) is 66.7 Å². The van der Waals surface area contributed by atoms with Crippen molar-refractivity contribution in [3.8, 4) is 0 Å². The first-order valence-corrected chi connectivity index (χ1v) is 9.21. The fraction of sp³-hybridized carbons (Fsp3) is 0.261. The van der Waals surface area contributed by atoms with Gasteiger partial charge >= 0.3 is 0 Å². The van der Waals surface area contributed by atoms with Crippen LogP contribution < -0.4 is 0 Å². The highest BCUT2D eigenvalue weighted by Crippen LogP contribution is 2.29. The van der Waals surface area contributed by atoms with E-state index in [9.17, 15) is 9.18 Å². The van der Waals surface area contributed by atoms with Crippen LogP contribution in [0.1, 0.15) is 30.4 Å². The van der Waals surface area contributed by atoms with Crippen LogP contribution in [0, 0.1) is 5.82 Å². The summed E-state index contributed by atoms with van der Waals surface area (Å²) < 4.78 is 14.0. The Morgan fingerprint density at radius 3 is 2.46 bits per heavy atom. The number of carbonyl (C=O) groups excluding carboxylic acids is 1. The maximum Gasteiger partial charge on any atom is 0.223 e. The van der Waals surface area contributed by atoms with Crippen molar-refractivity contribution in [2.24, 2.45) is 0 Å². The molecule has 0 N–H and O–H groups in total. The van der Waals surface area contributed by atoms with E-state index in [4.69, 9.17) is 0 Å². The number of nitrogens with zero attached hydrogens (tertiary/aromatic N) is 1. The van der Waals surface area contributed by atoms with Crippen LogP contribution in [0.25, 0.3) is 10.8 Å². The summed E-state index contributed by atoms with van der Waals surface area (Å²) in [6.45, 7) is 0.369. The summed E-state index contributed by atoms with van der Waals surface area (Å²) in [5, 5.41) is 2.41. The molecule has 4 rings (SSSR count). The number of amides is 1. The summed E-state index contributed by atoms with van der Waals surface area (Å²) in [4.78, 5) is 14.6. The number of fused-ring (bicyclic) bond motifs is 1. The van der Waals surface area contributed by atoms with E-state index in [0.29, 0.717) is 24.9 Å². The van der Waals surface area contributed by atoms with E-state index in [1.54, 1.807) is 12.1 Å². The molecule has 0 aromatic heterocycles. The molecule has 132 valence electrons. The Balaban J connectivity index is 1.44. The Kier molecular flexibility index (Phi) is 4.70. The van der Waals surface area contributed by atoms with E-state index in [-0.39, 0.29) is 17.8 Å². The van der Waals surface area contributed by atoms with Crippen molar-refractivity contribution in [1.29, 1.82) is 0 Å². The summed E-state index contributed by atoms with van der Waals surface area (Å²) in [6, 6.07) is 21.6. The minimum absolute atomic E-state index is 0.115. The lowest BCUT2D eigenvalue weighted by Crippen LogP contribution is -2.33. The third kappa shape index (κ3) is 3.77. The van der Waals surface area contributed by atoms with Gasteiger partial charge < -0.3 is 4.90 Å². The van der Waals surface area contributed by atoms with Crippen LogP contribution in [0.3, 0.4) is 0 Å². The van der Waals surface area contributed by atoms with E-state index >= 15 is 0 Å². The van der Waals surface area contributed by atoms with Crippen molar-refractivity contribution in [2.45, 2.75) is 38.3 Å². The maximum atomic E-state index is 14.0. The minimum atomic E-state index is -0.236. The van der Waals surface area contributed by atoms with E-state index in [0.717, 1.165) is 12.8 Å². The van der Waals surface area contributed by atoms with Crippen LogP contribution in [0.2, 0.25) is 0 Å². The first-order chi connectivity index (χ1) is 12.7. The Hall–Kier alpha value is -2.68. The number of hydrogen-bond donors (Lipinski definition) is 0. The molecule has 0 saturated heterocycles. The third-order valence-corrected chi connectivity index (χ3v) is 5.05. The van der Waals surface area contributed by atoms with Crippen molar-refractivity contribution >= 4 is 16.7 Å². The molecule has 26 heavy (non-hydrogen) atoms. The first kappa shape index (κ1) is 16.8. The van der Waals surface area contributed by atoms with Crippen molar-refractivity contribution in [1.82, 2.24) is 4.90 Å². The summed E-state index contributed by atoms with van der Waals surface area (Å²) >= 11 is 0. The molecular weight excluding hydrogens is 325 g/mol. The summed E-state index contributed by atoms with van der Waals surface area (Å²) in [7, 11) is 0. The average Bonchev–Trinajstić information content (AvgIpc) is 3.50. The molecule has 0 aliphatic heterocycles. The second-order valence-corrected chi connectivity index (χ2v) is 7.03. The lowest BCUT2D eigenvalue weighted by molar-refractivity contribution is -0.132. The predicted molar refractivity (Wildman–Crippen MR) is 102 cm³/mol. The Labute approximate surface area is 153 Å². The zero-order valence-corrected chi connectivity index (χ0v) is 14.7. The smallest absolute Gasteiger partial charge is 0.223 e. The summed E-state index contributed by atoms with van der Waals surface area (Å²) in [5.41, 5.74) is 1.76. The molecule has 1 saturated carbocycles. The normalized spacial score (nSPS) is 13.7. The van der Waals surface area contributed by atoms with E-state index in [2.05, 4.69) is 30.3 Å². The molecule has 1 aliphatic carbocycles. The van der Waals surface area contributed by atoms with Crippen molar-refractivity contribution in [2.75, 3.05) is 0 Å². The van der Waals surface area contributed by atoms with Crippen molar-refractivity contribution in [3.05, 3.63) is 83.7 Å². The monoisotopic (exact) mass is 347 g/mol. The van der Waals surface area contributed by atoms with E-state index in [1.165, 1.54) is 22.4 Å². The van der Waals surface area contributed by atoms with Crippen molar-refractivity contribution < 1.29 is 9.18 Å². The fourth-order valence-corrected chi connectivity index (χ4v) is 3.41. The van der Waals surface area contributed by atoms with Gasteiger partial charge in [-0.25, -0.2) is 4.39 Å². The Bertz CT molecular complexity index is 932. The molecular formula is C23H22FNO. The van der Waals surface area contributed by atoms with Gasteiger partial charge in [-0.3, -0.25) is 4.79 Å². The zero-order valence-electron chi connectivity index (χ0n) is 14.7. The van der Waals surface area contributed by atoms with Gasteiger partial charge in [0.1, 0.15) is 5.82 Å². The lowest BCUT2D eigenvalue weighted by atomic mass is 10.0. The van der Waals surface area contributed by atoms with E-state index < -0.39 is 0 Å². The van der Waals surface area contributed by atoms with Crippen LogP contribution >= 0.6 is 0 Å². The van der Waals surface area contributed by atoms with Gasteiger partial charge in [0.25, 0.3) is 0 Å². The predicted octanol–water partition coefficient (Wildman–Crippen LogP) is 5.10. The van der Waals surface area contributed by atoms with Crippen LogP contribution in [0.5, 0.6) is 0 Å². The van der Waals surface area contributed by atoms with Crippen LogP contribution in [-0.4, -0.2) is 16.8 Å². The molecule has 3 aromatic rings. The molecule has 0 unspecified atom stereocenters. The second-order valence-electron chi connectivity index (χ2n) is 7.03. The second kappa shape index (κ2) is 7.28. The van der Waals surface area contributed by atoms with Gasteiger partial charge in [-0.2, -0.15) is 0 Å². The highest BCUT2D eigenvalue weighted by Gasteiger charge is 2.32. The third-order valence-electron chi connectivity index (χ3n) is 5.05. The van der Waals surface area contributed by atoms with E-state index in [1.807, 2.05) is 23.1 Å². The maximum absolute atomic E-state index is 14.0. The molecule has 1 fully saturated rings. The number of carbonyl (C=O) groups is 1. The van der Waals surface area contributed by atoms with Gasteiger partial charge in [-0.05, 0) is 41.7 Å². The molecule has 3 heteroatoms. The molecule has 0 bridgehead atoms. The van der Waals surface area contributed by atoms with Crippen molar-refractivity contribution in [3.63, 3.8) is 0 Å². The van der Waals surface area contributed by atoms with Gasteiger partial charge in [0, 0.05) is 24.6 Å². The lowest BCUT2D eigenvalue weighted by Gasteiger charge is -2.23. The average molecular weight is 347 g/mol. The molecule has 0 atom stereocenters. The highest BCUT2D eigenvalue weighted by atomic mass is 19.1. The van der Waals surface area contributed by atoms with Crippen LogP contribution in [-0.2, 0) is 17.8 Å². The highest BCUT2D eigenvalue weighted by molar-refractivity contribution is 5.83. The van der Waals surface area contributed by atoms with Gasteiger partial charge in [0.05, 0.1) is 0 Å². The quantitative estimate of drug-likeness (QED) is 0.607. The molecule has 1 aliphatic rings. The molecule has 2 nitrogen and oxygen atoms in total.